The van der Waals surface area contributed by atoms with Crippen molar-refractivity contribution in [2.45, 2.75) is 51.0 Å². The lowest BCUT2D eigenvalue weighted by Gasteiger charge is -2.21. The molecule has 1 N–H and O–H groups in total. The molecule has 0 amide bonds. The summed E-state index contributed by atoms with van der Waals surface area (Å²) in [5.74, 6) is 0.910. The van der Waals surface area contributed by atoms with Crippen LogP contribution in [-0.2, 0) is 16.0 Å². The van der Waals surface area contributed by atoms with Crippen LogP contribution in [0.25, 0.3) is 11.0 Å². The molecule has 0 saturated carbocycles. The van der Waals surface area contributed by atoms with Crippen LogP contribution in [0.5, 0.6) is 0 Å². The predicted molar refractivity (Wildman–Crippen MR) is 109 cm³/mol. The molecular formula is C23H28N2O3. The topological polar surface area (TPSA) is 56.5 Å². The van der Waals surface area contributed by atoms with Gasteiger partial charge in [-0.15, -0.1) is 0 Å². The number of aromatic nitrogens is 2. The SMILES string of the molecule is CCC(OCC(O)Cn1c(C2CCCO2)nc2ccccc21)c1ccccc1. The molecule has 0 spiro atoms. The minimum absolute atomic E-state index is 0.00647. The van der Waals surface area contributed by atoms with Crippen molar-refractivity contribution in [1.29, 1.82) is 0 Å². The van der Waals surface area contributed by atoms with Crippen LogP contribution in [0.2, 0.25) is 0 Å². The van der Waals surface area contributed by atoms with E-state index in [1.54, 1.807) is 0 Å². The van der Waals surface area contributed by atoms with E-state index in [0.717, 1.165) is 48.3 Å². The Morgan fingerprint density at radius 2 is 1.96 bits per heavy atom. The van der Waals surface area contributed by atoms with Gasteiger partial charge in [0, 0.05) is 6.61 Å². The Hall–Kier alpha value is -2.21. The van der Waals surface area contributed by atoms with Gasteiger partial charge in [0.15, 0.2) is 0 Å². The van der Waals surface area contributed by atoms with Crippen molar-refractivity contribution in [3.8, 4) is 0 Å². The summed E-state index contributed by atoms with van der Waals surface area (Å²) in [5.41, 5.74) is 3.12. The highest BCUT2D eigenvalue weighted by atomic mass is 16.5. The van der Waals surface area contributed by atoms with E-state index >= 15 is 0 Å². The van der Waals surface area contributed by atoms with E-state index in [4.69, 9.17) is 14.5 Å². The van der Waals surface area contributed by atoms with E-state index in [1.807, 2.05) is 42.5 Å². The van der Waals surface area contributed by atoms with Crippen LogP contribution in [0.1, 0.15) is 49.8 Å². The molecule has 3 unspecified atom stereocenters. The van der Waals surface area contributed by atoms with Gasteiger partial charge in [-0.25, -0.2) is 4.98 Å². The third-order valence-electron chi connectivity index (χ3n) is 5.33. The normalized spacial score (nSPS) is 19.1. The third kappa shape index (κ3) is 4.12. The lowest BCUT2D eigenvalue weighted by Crippen LogP contribution is -2.25. The van der Waals surface area contributed by atoms with Gasteiger partial charge in [0.25, 0.3) is 0 Å². The molecule has 0 aliphatic carbocycles. The standard InChI is InChI=1S/C23H28N2O3/c1-2-21(17-9-4-3-5-10-17)28-16-18(26)15-25-20-12-7-6-11-19(20)24-23(25)22-13-8-14-27-22/h3-7,9-12,18,21-22,26H,2,8,13-16H2,1H3. The number of rotatable bonds is 8. The molecular weight excluding hydrogens is 352 g/mol. The van der Waals surface area contributed by atoms with Gasteiger partial charge in [-0.2, -0.15) is 0 Å². The number of hydrogen-bond donors (Lipinski definition) is 1. The van der Waals surface area contributed by atoms with Crippen LogP contribution in [0.15, 0.2) is 54.6 Å². The molecule has 4 rings (SSSR count). The highest BCUT2D eigenvalue weighted by Crippen LogP contribution is 2.31. The van der Waals surface area contributed by atoms with Crippen molar-refractivity contribution in [2.24, 2.45) is 0 Å². The summed E-state index contributed by atoms with van der Waals surface area (Å²) >= 11 is 0. The summed E-state index contributed by atoms with van der Waals surface area (Å²) in [5, 5.41) is 10.7. The summed E-state index contributed by atoms with van der Waals surface area (Å²) in [6.45, 7) is 3.60. The minimum atomic E-state index is -0.615. The molecule has 3 atom stereocenters. The van der Waals surface area contributed by atoms with Crippen molar-refractivity contribution in [1.82, 2.24) is 9.55 Å². The second kappa shape index (κ2) is 8.86. The van der Waals surface area contributed by atoms with Crippen LogP contribution in [0.3, 0.4) is 0 Å². The Bertz CT molecular complexity index is 887. The molecule has 5 heteroatoms. The Labute approximate surface area is 165 Å². The number of imidazole rings is 1. The zero-order chi connectivity index (χ0) is 19.3. The molecule has 1 fully saturated rings. The summed E-state index contributed by atoms with van der Waals surface area (Å²) in [6, 6.07) is 18.2. The maximum absolute atomic E-state index is 10.7. The molecule has 1 aliphatic heterocycles. The molecule has 5 nitrogen and oxygen atoms in total. The predicted octanol–water partition coefficient (Wildman–Crippen LogP) is 4.42. The monoisotopic (exact) mass is 380 g/mol. The van der Waals surface area contributed by atoms with Gasteiger partial charge in [-0.3, -0.25) is 0 Å². The van der Waals surface area contributed by atoms with E-state index in [-0.39, 0.29) is 18.8 Å². The van der Waals surface area contributed by atoms with Gasteiger partial charge in [0.2, 0.25) is 0 Å². The maximum Gasteiger partial charge on any atom is 0.139 e. The van der Waals surface area contributed by atoms with Gasteiger partial charge < -0.3 is 19.1 Å². The van der Waals surface area contributed by atoms with Gasteiger partial charge in [0.05, 0.1) is 36.4 Å². The highest BCUT2D eigenvalue weighted by Gasteiger charge is 2.25. The Morgan fingerprint density at radius 3 is 2.71 bits per heavy atom. The number of benzene rings is 2. The van der Waals surface area contributed by atoms with Crippen LogP contribution >= 0.6 is 0 Å². The van der Waals surface area contributed by atoms with Gasteiger partial charge in [-0.05, 0) is 37.0 Å². The maximum atomic E-state index is 10.7. The number of ether oxygens (including phenoxy) is 2. The summed E-state index contributed by atoms with van der Waals surface area (Å²) in [4.78, 5) is 4.79. The van der Waals surface area contributed by atoms with Gasteiger partial charge in [-0.1, -0.05) is 49.4 Å². The van der Waals surface area contributed by atoms with Gasteiger partial charge >= 0.3 is 0 Å². The van der Waals surface area contributed by atoms with Crippen molar-refractivity contribution in [3.05, 3.63) is 66.0 Å². The fraction of sp³-hybridized carbons (Fsp3) is 0.435. The number of aliphatic hydroxyl groups is 1. The zero-order valence-corrected chi connectivity index (χ0v) is 16.3. The first-order chi connectivity index (χ1) is 13.8. The largest absolute Gasteiger partial charge is 0.389 e. The first-order valence-corrected chi connectivity index (χ1v) is 10.2. The molecule has 148 valence electrons. The van der Waals surface area contributed by atoms with Crippen molar-refractivity contribution in [3.63, 3.8) is 0 Å². The lowest BCUT2D eigenvalue weighted by atomic mass is 10.1. The average molecular weight is 380 g/mol. The number of para-hydroxylation sites is 2. The molecule has 2 heterocycles. The van der Waals surface area contributed by atoms with Crippen LogP contribution in [0, 0.1) is 0 Å². The zero-order valence-electron chi connectivity index (χ0n) is 16.3. The number of nitrogens with zero attached hydrogens (tertiary/aromatic N) is 2. The second-order valence-corrected chi connectivity index (χ2v) is 7.37. The molecule has 1 aromatic heterocycles. The molecule has 2 aromatic carbocycles. The highest BCUT2D eigenvalue weighted by molar-refractivity contribution is 5.76. The summed E-state index contributed by atoms with van der Waals surface area (Å²) < 4.78 is 14.0. The number of hydrogen-bond acceptors (Lipinski definition) is 4. The molecule has 1 aliphatic rings. The van der Waals surface area contributed by atoms with E-state index in [1.165, 1.54) is 0 Å². The molecule has 0 radical (unpaired) electrons. The van der Waals surface area contributed by atoms with E-state index in [9.17, 15) is 5.11 Å². The Morgan fingerprint density at radius 1 is 1.18 bits per heavy atom. The summed E-state index contributed by atoms with van der Waals surface area (Å²) in [7, 11) is 0. The third-order valence-corrected chi connectivity index (χ3v) is 5.33. The van der Waals surface area contributed by atoms with Crippen molar-refractivity contribution < 1.29 is 14.6 Å². The summed E-state index contributed by atoms with van der Waals surface area (Å²) in [6.07, 6.45) is 2.28. The van der Waals surface area contributed by atoms with E-state index in [2.05, 4.69) is 23.6 Å². The average Bonchev–Trinajstić information content (AvgIpc) is 3.38. The first-order valence-electron chi connectivity index (χ1n) is 10.2. The van der Waals surface area contributed by atoms with Crippen LogP contribution in [0.4, 0.5) is 0 Å². The van der Waals surface area contributed by atoms with E-state index < -0.39 is 6.10 Å². The van der Waals surface area contributed by atoms with Crippen LogP contribution < -0.4 is 0 Å². The quantitative estimate of drug-likeness (QED) is 0.629. The van der Waals surface area contributed by atoms with Crippen molar-refractivity contribution in [2.75, 3.05) is 13.2 Å². The van der Waals surface area contributed by atoms with Crippen molar-refractivity contribution >= 4 is 11.0 Å². The molecule has 0 bridgehead atoms. The van der Waals surface area contributed by atoms with Gasteiger partial charge in [0.1, 0.15) is 11.9 Å². The smallest absolute Gasteiger partial charge is 0.139 e. The number of aliphatic hydroxyl groups excluding tert-OH is 1. The minimum Gasteiger partial charge on any atom is -0.389 e. The molecule has 28 heavy (non-hydrogen) atoms. The van der Waals surface area contributed by atoms with E-state index in [0.29, 0.717) is 6.54 Å². The Kier molecular flexibility index (Phi) is 6.05. The number of fused-ring (bicyclic) bond motifs is 1. The molecule has 3 aromatic rings. The Balaban J connectivity index is 1.48. The second-order valence-electron chi connectivity index (χ2n) is 7.37. The molecule has 1 saturated heterocycles. The first kappa shape index (κ1) is 19.1. The lowest BCUT2D eigenvalue weighted by molar-refractivity contribution is -0.0181. The fourth-order valence-corrected chi connectivity index (χ4v) is 3.92. The van der Waals surface area contributed by atoms with Crippen LogP contribution in [-0.4, -0.2) is 34.0 Å². The fourth-order valence-electron chi connectivity index (χ4n) is 3.92.